The number of halogens is 3. The van der Waals surface area contributed by atoms with Gasteiger partial charge in [-0.1, -0.05) is 0 Å². The molecule has 6 heteroatoms. The number of nitrogens with one attached hydrogen (secondary N) is 1. The zero-order valence-corrected chi connectivity index (χ0v) is 7.04. The van der Waals surface area contributed by atoms with E-state index in [2.05, 4.69) is 10.4 Å². The molecule has 0 saturated heterocycles. The Balaban J connectivity index is 2.75. The summed E-state index contributed by atoms with van der Waals surface area (Å²) < 4.78 is 38.0. The highest BCUT2D eigenvalue weighted by Crippen LogP contribution is 2.14. The third-order valence-electron chi connectivity index (χ3n) is 1.62. The van der Waals surface area contributed by atoms with E-state index >= 15 is 0 Å². The van der Waals surface area contributed by atoms with Crippen LogP contribution >= 0.6 is 0 Å². The Kier molecular flexibility index (Phi) is 3.30. The molecule has 0 radical (unpaired) electrons. The molecule has 1 atom stereocenters. The summed E-state index contributed by atoms with van der Waals surface area (Å²) in [6.07, 6.45) is -1.37. The fraction of sp³-hybridized carbons (Fsp3) is 0.571. The highest BCUT2D eigenvalue weighted by Gasteiger charge is 2.22. The second-order valence-electron chi connectivity index (χ2n) is 2.58. The molecule has 0 aliphatic heterocycles. The standard InChI is InChI=1S/C7H10F3N3/c1-11-4-5(7(9)10)13-3-2-6(8)12-13/h2-3,5,7,11H,4H2,1H3. The van der Waals surface area contributed by atoms with Gasteiger partial charge in [-0.25, -0.2) is 8.78 Å². The largest absolute Gasteiger partial charge is 0.317 e. The second-order valence-corrected chi connectivity index (χ2v) is 2.58. The number of rotatable bonds is 4. The van der Waals surface area contributed by atoms with Crippen LogP contribution in [0.4, 0.5) is 13.2 Å². The summed E-state index contributed by atoms with van der Waals surface area (Å²) in [7, 11) is 1.55. The van der Waals surface area contributed by atoms with Gasteiger partial charge >= 0.3 is 0 Å². The van der Waals surface area contributed by atoms with E-state index in [1.165, 1.54) is 6.20 Å². The van der Waals surface area contributed by atoms with Gasteiger partial charge in [0.15, 0.2) is 0 Å². The van der Waals surface area contributed by atoms with Gasteiger partial charge in [-0.15, -0.1) is 5.10 Å². The van der Waals surface area contributed by atoms with Crippen LogP contribution in [0.5, 0.6) is 0 Å². The Labute approximate surface area is 73.5 Å². The van der Waals surface area contributed by atoms with Crippen molar-refractivity contribution in [3.63, 3.8) is 0 Å². The highest BCUT2D eigenvalue weighted by molar-refractivity contribution is 4.86. The van der Waals surface area contributed by atoms with Gasteiger partial charge in [-0.05, 0) is 7.05 Å². The monoisotopic (exact) mass is 193 g/mol. The molecule has 1 aromatic rings. The van der Waals surface area contributed by atoms with Crippen LogP contribution in [0, 0.1) is 5.95 Å². The number of aromatic nitrogens is 2. The first kappa shape index (κ1) is 10.0. The second kappa shape index (κ2) is 4.27. The van der Waals surface area contributed by atoms with Gasteiger partial charge in [0.2, 0.25) is 5.95 Å². The number of nitrogens with zero attached hydrogens (tertiary/aromatic N) is 2. The minimum atomic E-state index is -2.56. The number of likely N-dealkylation sites (N-methyl/N-ethyl adjacent to an activating group) is 1. The summed E-state index contributed by atoms with van der Waals surface area (Å²) in [5.41, 5.74) is 0. The Bertz CT molecular complexity index is 261. The predicted octanol–water partition coefficient (Wildman–Crippen LogP) is 1.05. The van der Waals surface area contributed by atoms with E-state index in [0.29, 0.717) is 0 Å². The van der Waals surface area contributed by atoms with Crippen LogP contribution in [0.3, 0.4) is 0 Å². The van der Waals surface area contributed by atoms with Gasteiger partial charge in [0.05, 0.1) is 0 Å². The lowest BCUT2D eigenvalue weighted by Gasteiger charge is -2.15. The molecular formula is C7H10F3N3. The minimum absolute atomic E-state index is 0.0544. The van der Waals surface area contributed by atoms with Crippen molar-refractivity contribution in [2.75, 3.05) is 13.6 Å². The van der Waals surface area contributed by atoms with Crippen LogP contribution < -0.4 is 5.32 Å². The molecule has 0 amide bonds. The lowest BCUT2D eigenvalue weighted by Crippen LogP contribution is -2.28. The number of hydrogen-bond acceptors (Lipinski definition) is 2. The van der Waals surface area contributed by atoms with Crippen molar-refractivity contribution in [1.29, 1.82) is 0 Å². The molecule has 1 unspecified atom stereocenters. The van der Waals surface area contributed by atoms with Gasteiger partial charge in [-0.2, -0.15) is 4.39 Å². The van der Waals surface area contributed by atoms with E-state index in [1.54, 1.807) is 7.05 Å². The van der Waals surface area contributed by atoms with Crippen molar-refractivity contribution >= 4 is 0 Å². The Morgan fingerprint density at radius 2 is 2.31 bits per heavy atom. The van der Waals surface area contributed by atoms with E-state index in [9.17, 15) is 13.2 Å². The molecule has 74 valence electrons. The van der Waals surface area contributed by atoms with Crippen molar-refractivity contribution in [1.82, 2.24) is 15.1 Å². The van der Waals surface area contributed by atoms with Crippen LogP contribution in [0.15, 0.2) is 12.3 Å². The average molecular weight is 193 g/mol. The summed E-state index contributed by atoms with van der Waals surface area (Å²) in [6, 6.07) is -0.0695. The summed E-state index contributed by atoms with van der Waals surface area (Å²) >= 11 is 0. The van der Waals surface area contributed by atoms with Crippen LogP contribution in [0.1, 0.15) is 6.04 Å². The maximum Gasteiger partial charge on any atom is 0.261 e. The lowest BCUT2D eigenvalue weighted by atomic mass is 10.3. The zero-order valence-electron chi connectivity index (χ0n) is 7.04. The molecule has 0 aromatic carbocycles. The first-order valence-corrected chi connectivity index (χ1v) is 3.78. The van der Waals surface area contributed by atoms with E-state index in [-0.39, 0.29) is 6.54 Å². The summed E-state index contributed by atoms with van der Waals surface area (Å²) in [5, 5.41) is 5.87. The van der Waals surface area contributed by atoms with Crippen molar-refractivity contribution in [2.24, 2.45) is 0 Å². The van der Waals surface area contributed by atoms with E-state index in [0.717, 1.165) is 10.7 Å². The van der Waals surface area contributed by atoms with Crippen molar-refractivity contribution in [3.8, 4) is 0 Å². The van der Waals surface area contributed by atoms with Gasteiger partial charge in [-0.3, -0.25) is 4.68 Å². The number of hydrogen-bond donors (Lipinski definition) is 1. The fourth-order valence-corrected chi connectivity index (χ4v) is 1.01. The molecule has 0 saturated carbocycles. The molecule has 0 spiro atoms. The first-order valence-electron chi connectivity index (χ1n) is 3.78. The molecule has 0 aliphatic rings. The normalized spacial score (nSPS) is 13.6. The zero-order chi connectivity index (χ0) is 9.84. The summed E-state index contributed by atoms with van der Waals surface area (Å²) in [6.45, 7) is 0.0544. The molecule has 3 nitrogen and oxygen atoms in total. The summed E-state index contributed by atoms with van der Waals surface area (Å²) in [4.78, 5) is 0. The van der Waals surface area contributed by atoms with Gasteiger partial charge in [0.1, 0.15) is 6.04 Å². The van der Waals surface area contributed by atoms with Crippen molar-refractivity contribution < 1.29 is 13.2 Å². The van der Waals surface area contributed by atoms with Gasteiger partial charge < -0.3 is 5.32 Å². The van der Waals surface area contributed by atoms with Gasteiger partial charge in [0.25, 0.3) is 6.43 Å². The quantitative estimate of drug-likeness (QED) is 0.774. The Hall–Kier alpha value is -1.04. The molecule has 1 rings (SSSR count). The SMILES string of the molecule is CNCC(C(F)F)n1ccc(F)n1. The first-order chi connectivity index (χ1) is 6.15. The maximum atomic E-state index is 12.4. The van der Waals surface area contributed by atoms with Crippen molar-refractivity contribution in [3.05, 3.63) is 18.2 Å². The molecule has 1 N–H and O–H groups in total. The smallest absolute Gasteiger partial charge is 0.261 e. The predicted molar refractivity (Wildman–Crippen MR) is 41.2 cm³/mol. The summed E-state index contributed by atoms with van der Waals surface area (Å²) in [5.74, 6) is -0.748. The van der Waals surface area contributed by atoms with Crippen LogP contribution in [-0.2, 0) is 0 Å². The van der Waals surface area contributed by atoms with Gasteiger partial charge in [0, 0.05) is 18.8 Å². The van der Waals surface area contributed by atoms with Crippen molar-refractivity contribution in [2.45, 2.75) is 12.5 Å². The molecule has 1 aromatic heterocycles. The molecule has 0 bridgehead atoms. The topological polar surface area (TPSA) is 29.9 Å². The van der Waals surface area contributed by atoms with E-state index in [4.69, 9.17) is 0 Å². The third-order valence-corrected chi connectivity index (χ3v) is 1.62. The maximum absolute atomic E-state index is 12.4. The highest BCUT2D eigenvalue weighted by atomic mass is 19.3. The molecule has 13 heavy (non-hydrogen) atoms. The molecule has 1 heterocycles. The Morgan fingerprint density at radius 1 is 1.62 bits per heavy atom. The van der Waals surface area contributed by atoms with E-state index in [1.807, 2.05) is 0 Å². The van der Waals surface area contributed by atoms with E-state index < -0.39 is 18.4 Å². The van der Waals surface area contributed by atoms with Crippen LogP contribution in [0.25, 0.3) is 0 Å². The molecular weight excluding hydrogens is 183 g/mol. The molecule has 0 aliphatic carbocycles. The average Bonchev–Trinajstić information content (AvgIpc) is 2.46. The third kappa shape index (κ3) is 2.45. The van der Waals surface area contributed by atoms with Crippen LogP contribution in [-0.4, -0.2) is 29.8 Å². The Morgan fingerprint density at radius 3 is 2.69 bits per heavy atom. The number of alkyl halides is 2. The lowest BCUT2D eigenvalue weighted by molar-refractivity contribution is 0.0761. The van der Waals surface area contributed by atoms with Crippen LogP contribution in [0.2, 0.25) is 0 Å². The fourth-order valence-electron chi connectivity index (χ4n) is 1.01. The minimum Gasteiger partial charge on any atom is -0.317 e. The molecule has 0 fully saturated rings.